The minimum absolute atomic E-state index is 0.119. The van der Waals surface area contributed by atoms with Crippen molar-refractivity contribution < 1.29 is 13.2 Å². The van der Waals surface area contributed by atoms with Crippen molar-refractivity contribution in [1.29, 1.82) is 5.26 Å². The van der Waals surface area contributed by atoms with Gasteiger partial charge < -0.3 is 4.74 Å². The van der Waals surface area contributed by atoms with Crippen molar-refractivity contribution >= 4 is 32.8 Å². The number of hydrogen-bond acceptors (Lipinski definition) is 8. The highest BCUT2D eigenvalue weighted by molar-refractivity contribution is 7.89. The molecule has 0 unspecified atom stereocenters. The van der Waals surface area contributed by atoms with Gasteiger partial charge in [-0.25, -0.2) is 13.4 Å². The zero-order valence-electron chi connectivity index (χ0n) is 16.4. The molecule has 1 fully saturated rings. The lowest BCUT2D eigenvalue weighted by molar-refractivity contribution is 0.0730. The SMILES string of the molecule is N#C/C(=N/Nc1cccc(S(=O)(=O)N2CCOCC2)c1)c1nc(-c2ccccc2)cs1. The molecule has 0 radical (unpaired) electrons. The van der Waals surface area contributed by atoms with E-state index < -0.39 is 10.0 Å². The third-order valence-corrected chi connectivity index (χ3v) is 7.36. The largest absolute Gasteiger partial charge is 0.379 e. The van der Waals surface area contributed by atoms with E-state index in [-0.39, 0.29) is 10.6 Å². The number of anilines is 1. The first kappa shape index (κ1) is 21.1. The summed E-state index contributed by atoms with van der Waals surface area (Å²) >= 11 is 1.32. The Kier molecular flexibility index (Phi) is 6.39. The molecule has 0 saturated carbocycles. The van der Waals surface area contributed by atoms with Crippen LogP contribution in [-0.2, 0) is 14.8 Å². The summed E-state index contributed by atoms with van der Waals surface area (Å²) in [6, 6.07) is 18.1. The second-order valence-electron chi connectivity index (χ2n) is 6.63. The van der Waals surface area contributed by atoms with Crippen molar-refractivity contribution in [1.82, 2.24) is 9.29 Å². The van der Waals surface area contributed by atoms with Crippen LogP contribution in [0.2, 0.25) is 0 Å². The van der Waals surface area contributed by atoms with Crippen molar-refractivity contribution in [3.63, 3.8) is 0 Å². The van der Waals surface area contributed by atoms with Gasteiger partial charge in [0.2, 0.25) is 10.0 Å². The van der Waals surface area contributed by atoms with Gasteiger partial charge in [-0.05, 0) is 18.2 Å². The molecule has 2 heterocycles. The smallest absolute Gasteiger partial charge is 0.243 e. The Morgan fingerprint density at radius 3 is 2.68 bits per heavy atom. The van der Waals surface area contributed by atoms with E-state index in [1.807, 2.05) is 41.8 Å². The lowest BCUT2D eigenvalue weighted by atomic mass is 10.2. The highest BCUT2D eigenvalue weighted by Crippen LogP contribution is 2.23. The number of hydrazone groups is 1. The molecule has 1 saturated heterocycles. The first-order valence-electron chi connectivity index (χ1n) is 9.51. The van der Waals surface area contributed by atoms with Crippen LogP contribution >= 0.6 is 11.3 Å². The van der Waals surface area contributed by atoms with Crippen LogP contribution in [0.3, 0.4) is 0 Å². The number of thiazole rings is 1. The van der Waals surface area contributed by atoms with Crippen LogP contribution in [0.4, 0.5) is 5.69 Å². The molecular weight excluding hydrogens is 434 g/mol. The van der Waals surface area contributed by atoms with Crippen molar-refractivity contribution in [2.24, 2.45) is 5.10 Å². The van der Waals surface area contributed by atoms with Crippen LogP contribution in [0, 0.1) is 11.3 Å². The van der Waals surface area contributed by atoms with Gasteiger partial charge in [0.15, 0.2) is 10.7 Å². The van der Waals surface area contributed by atoms with E-state index in [2.05, 4.69) is 15.5 Å². The second kappa shape index (κ2) is 9.36. The van der Waals surface area contributed by atoms with Crippen LogP contribution in [0.15, 0.2) is 70.0 Å². The molecule has 1 N–H and O–H groups in total. The number of hydrogen-bond donors (Lipinski definition) is 1. The number of nitriles is 1. The predicted octanol–water partition coefficient (Wildman–Crippen LogP) is 3.17. The number of nitrogens with one attached hydrogen (secondary N) is 1. The van der Waals surface area contributed by atoms with E-state index in [1.54, 1.807) is 12.1 Å². The molecule has 2 aromatic carbocycles. The zero-order valence-corrected chi connectivity index (χ0v) is 18.1. The van der Waals surface area contributed by atoms with E-state index in [0.29, 0.717) is 37.0 Å². The summed E-state index contributed by atoms with van der Waals surface area (Å²) in [6.07, 6.45) is 0. The number of nitrogens with zero attached hydrogens (tertiary/aromatic N) is 4. The fraction of sp³-hybridized carbons (Fsp3) is 0.190. The normalized spacial score (nSPS) is 15.4. The Bertz CT molecular complexity index is 1230. The van der Waals surface area contributed by atoms with E-state index in [4.69, 9.17) is 4.74 Å². The Morgan fingerprint density at radius 1 is 1.16 bits per heavy atom. The molecule has 10 heteroatoms. The van der Waals surface area contributed by atoms with Gasteiger partial charge in [0, 0.05) is 24.0 Å². The van der Waals surface area contributed by atoms with Gasteiger partial charge in [-0.15, -0.1) is 11.3 Å². The standard InChI is InChI=1S/C21H19N5O3S2/c22-14-19(21-23-20(15-30-21)16-5-2-1-3-6-16)25-24-17-7-4-8-18(13-17)31(27,28)26-9-11-29-12-10-26/h1-8,13,15,24H,9-12H2/b25-19-. The van der Waals surface area contributed by atoms with Crippen molar-refractivity contribution in [3.05, 3.63) is 65.0 Å². The number of aromatic nitrogens is 1. The lowest BCUT2D eigenvalue weighted by Gasteiger charge is -2.26. The summed E-state index contributed by atoms with van der Waals surface area (Å²) in [7, 11) is -3.62. The molecule has 1 aliphatic heterocycles. The lowest BCUT2D eigenvalue weighted by Crippen LogP contribution is -2.40. The van der Waals surface area contributed by atoms with Gasteiger partial charge in [0.1, 0.15) is 6.07 Å². The van der Waals surface area contributed by atoms with Crippen LogP contribution in [-0.4, -0.2) is 49.7 Å². The average molecular weight is 454 g/mol. The Balaban J connectivity index is 1.53. The van der Waals surface area contributed by atoms with Gasteiger partial charge in [0.05, 0.1) is 29.5 Å². The Hall–Kier alpha value is -3.10. The first-order chi connectivity index (χ1) is 15.1. The molecular formula is C21H19N5O3S2. The molecule has 31 heavy (non-hydrogen) atoms. The van der Waals surface area contributed by atoms with Crippen LogP contribution in [0.1, 0.15) is 5.01 Å². The third-order valence-electron chi connectivity index (χ3n) is 4.62. The third kappa shape index (κ3) is 4.81. The first-order valence-corrected chi connectivity index (χ1v) is 11.8. The monoisotopic (exact) mass is 453 g/mol. The molecule has 0 spiro atoms. The van der Waals surface area contributed by atoms with Crippen molar-refractivity contribution in [2.75, 3.05) is 31.7 Å². The van der Waals surface area contributed by atoms with Crippen molar-refractivity contribution in [3.8, 4) is 17.3 Å². The molecule has 158 valence electrons. The average Bonchev–Trinajstić information content (AvgIpc) is 3.31. The zero-order chi connectivity index (χ0) is 21.7. The Labute approximate surface area is 184 Å². The molecule has 0 atom stereocenters. The maximum Gasteiger partial charge on any atom is 0.243 e. The number of ether oxygens (including phenoxy) is 1. The number of rotatable bonds is 6. The summed E-state index contributed by atoms with van der Waals surface area (Å²) in [5, 5.41) is 16.0. The van der Waals surface area contributed by atoms with Gasteiger partial charge in [-0.2, -0.15) is 14.7 Å². The van der Waals surface area contributed by atoms with Gasteiger partial charge in [0.25, 0.3) is 0 Å². The van der Waals surface area contributed by atoms with Gasteiger partial charge in [-0.1, -0.05) is 36.4 Å². The topological polar surface area (TPSA) is 108 Å². The van der Waals surface area contributed by atoms with E-state index in [0.717, 1.165) is 11.3 Å². The van der Waals surface area contributed by atoms with Gasteiger partial charge in [-0.3, -0.25) is 5.43 Å². The molecule has 1 aromatic heterocycles. The molecule has 0 bridgehead atoms. The highest BCUT2D eigenvalue weighted by atomic mass is 32.2. The summed E-state index contributed by atoms with van der Waals surface area (Å²) in [5.41, 5.74) is 5.08. The number of sulfonamides is 1. The molecule has 8 nitrogen and oxygen atoms in total. The van der Waals surface area contributed by atoms with E-state index in [9.17, 15) is 13.7 Å². The molecule has 0 aliphatic carbocycles. The van der Waals surface area contributed by atoms with Gasteiger partial charge >= 0.3 is 0 Å². The number of morpholine rings is 1. The fourth-order valence-corrected chi connectivity index (χ4v) is 5.25. The maximum atomic E-state index is 12.8. The fourth-order valence-electron chi connectivity index (χ4n) is 3.03. The Morgan fingerprint density at radius 2 is 1.94 bits per heavy atom. The minimum Gasteiger partial charge on any atom is -0.379 e. The summed E-state index contributed by atoms with van der Waals surface area (Å²) < 4.78 is 32.3. The van der Waals surface area contributed by atoms with E-state index >= 15 is 0 Å². The van der Waals surface area contributed by atoms with Crippen LogP contribution < -0.4 is 5.43 Å². The summed E-state index contributed by atoms with van der Waals surface area (Å²) in [6.45, 7) is 1.41. The number of benzene rings is 2. The molecule has 3 aromatic rings. The van der Waals surface area contributed by atoms with Crippen LogP contribution in [0.25, 0.3) is 11.3 Å². The summed E-state index contributed by atoms with van der Waals surface area (Å²) in [4.78, 5) is 4.65. The predicted molar refractivity (Wildman–Crippen MR) is 119 cm³/mol. The highest BCUT2D eigenvalue weighted by Gasteiger charge is 2.26. The van der Waals surface area contributed by atoms with E-state index in [1.165, 1.54) is 27.8 Å². The maximum absolute atomic E-state index is 12.8. The molecule has 4 rings (SSSR count). The quantitative estimate of drug-likeness (QED) is 0.454. The van der Waals surface area contributed by atoms with Crippen LogP contribution in [0.5, 0.6) is 0 Å². The second-order valence-corrected chi connectivity index (χ2v) is 9.43. The summed E-state index contributed by atoms with van der Waals surface area (Å²) in [5.74, 6) is 0. The molecule has 0 amide bonds. The van der Waals surface area contributed by atoms with Crippen molar-refractivity contribution in [2.45, 2.75) is 4.90 Å². The molecule has 1 aliphatic rings. The minimum atomic E-state index is -3.62.